The molecule has 0 amide bonds. The number of nitriles is 1. The standard InChI is InChI=1S/C18H30N2/c19-17-18-13-9-6-4-2-1-3-5-7-11-15-20-16-12-8-10-14-18/h18,20H,1-10,12-14,16H2. The Morgan fingerprint density at radius 1 is 0.800 bits per heavy atom. The summed E-state index contributed by atoms with van der Waals surface area (Å²) in [4.78, 5) is 0. The highest BCUT2D eigenvalue weighted by molar-refractivity contribution is 4.96. The Hall–Kier alpha value is -1.15. The summed E-state index contributed by atoms with van der Waals surface area (Å²) in [6.45, 7) is 0.990. The molecule has 0 aromatic rings. The van der Waals surface area contributed by atoms with Gasteiger partial charge in [0, 0.05) is 24.9 Å². The zero-order chi connectivity index (χ0) is 14.3. The van der Waals surface area contributed by atoms with Crippen LogP contribution < -0.4 is 5.32 Å². The minimum absolute atomic E-state index is 0.293. The second-order valence-electron chi connectivity index (χ2n) is 5.92. The van der Waals surface area contributed by atoms with E-state index >= 15 is 0 Å². The van der Waals surface area contributed by atoms with Gasteiger partial charge in [0.25, 0.3) is 0 Å². The smallest absolute Gasteiger partial charge is 0.0655 e. The van der Waals surface area contributed by atoms with Gasteiger partial charge in [-0.3, -0.25) is 0 Å². The maximum atomic E-state index is 9.17. The second-order valence-corrected chi connectivity index (χ2v) is 5.92. The summed E-state index contributed by atoms with van der Waals surface area (Å²) < 4.78 is 0. The van der Waals surface area contributed by atoms with E-state index in [0.29, 0.717) is 5.92 Å². The lowest BCUT2D eigenvalue weighted by molar-refractivity contribution is 0.475. The molecule has 112 valence electrons. The summed E-state index contributed by atoms with van der Waals surface area (Å²) >= 11 is 0. The Labute approximate surface area is 125 Å². The number of nitrogens with one attached hydrogen (secondary N) is 1. The Bertz CT molecular complexity index is 319. The normalized spacial score (nSPS) is 24.1. The highest BCUT2D eigenvalue weighted by atomic mass is 14.8. The van der Waals surface area contributed by atoms with Crippen LogP contribution in [-0.2, 0) is 0 Å². The Kier molecular flexibility index (Phi) is 10.9. The van der Waals surface area contributed by atoms with Gasteiger partial charge in [-0.25, -0.2) is 0 Å². The summed E-state index contributed by atoms with van der Waals surface area (Å²) in [5.74, 6) is 3.49. The van der Waals surface area contributed by atoms with Gasteiger partial charge in [-0.1, -0.05) is 57.3 Å². The van der Waals surface area contributed by atoms with E-state index in [4.69, 9.17) is 5.26 Å². The highest BCUT2D eigenvalue weighted by Crippen LogP contribution is 2.17. The second kappa shape index (κ2) is 12.9. The van der Waals surface area contributed by atoms with Gasteiger partial charge < -0.3 is 5.32 Å². The van der Waals surface area contributed by atoms with Gasteiger partial charge in [-0.2, -0.15) is 5.26 Å². The van der Waals surface area contributed by atoms with Crippen molar-refractivity contribution in [2.45, 2.75) is 83.5 Å². The van der Waals surface area contributed by atoms with Crippen molar-refractivity contribution in [3.05, 3.63) is 0 Å². The average molecular weight is 274 g/mol. The van der Waals surface area contributed by atoms with Crippen LogP contribution in [0.2, 0.25) is 0 Å². The molecule has 0 radical (unpaired) electrons. The highest BCUT2D eigenvalue weighted by Gasteiger charge is 2.06. The van der Waals surface area contributed by atoms with Gasteiger partial charge in [0.15, 0.2) is 0 Å². The third-order valence-corrected chi connectivity index (χ3v) is 4.07. The molecule has 0 fully saturated rings. The van der Waals surface area contributed by atoms with E-state index in [9.17, 15) is 0 Å². The first-order valence-electron chi connectivity index (χ1n) is 8.54. The molecule has 0 aromatic carbocycles. The molecule has 0 spiro atoms. The summed E-state index contributed by atoms with van der Waals surface area (Å²) in [5.41, 5.74) is 0. The fourth-order valence-electron chi connectivity index (χ4n) is 2.73. The van der Waals surface area contributed by atoms with Crippen molar-refractivity contribution < 1.29 is 0 Å². The van der Waals surface area contributed by atoms with Crippen molar-refractivity contribution in [1.29, 1.82) is 5.26 Å². The van der Waals surface area contributed by atoms with Crippen LogP contribution in [0.5, 0.6) is 0 Å². The number of rotatable bonds is 0. The fourth-order valence-corrected chi connectivity index (χ4v) is 2.73. The van der Waals surface area contributed by atoms with Crippen LogP contribution in [0, 0.1) is 29.2 Å². The molecule has 2 nitrogen and oxygen atoms in total. The Balaban J connectivity index is 2.24. The van der Waals surface area contributed by atoms with Gasteiger partial charge in [-0.05, 0) is 25.7 Å². The van der Waals surface area contributed by atoms with Gasteiger partial charge in [0.2, 0.25) is 0 Å². The largest absolute Gasteiger partial charge is 0.346 e. The number of hydrogen-bond acceptors (Lipinski definition) is 2. The summed E-state index contributed by atoms with van der Waals surface area (Å²) in [7, 11) is 0. The average Bonchev–Trinajstić information content (AvgIpc) is 2.47. The van der Waals surface area contributed by atoms with E-state index in [1.165, 1.54) is 64.2 Å². The predicted octanol–water partition coefficient (Wildman–Crippen LogP) is 4.76. The zero-order valence-electron chi connectivity index (χ0n) is 12.9. The summed E-state index contributed by atoms with van der Waals surface area (Å²) in [5, 5.41) is 12.4. The van der Waals surface area contributed by atoms with E-state index in [-0.39, 0.29) is 0 Å². The lowest BCUT2D eigenvalue weighted by Gasteiger charge is -2.09. The van der Waals surface area contributed by atoms with Crippen LogP contribution >= 0.6 is 0 Å². The molecule has 1 aliphatic heterocycles. The van der Waals surface area contributed by atoms with E-state index < -0.39 is 0 Å². The molecule has 2 heteroatoms. The Morgan fingerprint density at radius 2 is 1.40 bits per heavy atom. The maximum Gasteiger partial charge on any atom is 0.0655 e. The van der Waals surface area contributed by atoms with Crippen molar-refractivity contribution in [2.24, 2.45) is 5.92 Å². The molecule has 0 bridgehead atoms. The van der Waals surface area contributed by atoms with Crippen molar-refractivity contribution >= 4 is 0 Å². The fraction of sp³-hybridized carbons (Fsp3) is 0.833. The quantitative estimate of drug-likeness (QED) is 0.646. The third kappa shape index (κ3) is 9.74. The van der Waals surface area contributed by atoms with Crippen LogP contribution in [0.25, 0.3) is 0 Å². The first-order valence-corrected chi connectivity index (χ1v) is 8.54. The molecule has 0 saturated carbocycles. The topological polar surface area (TPSA) is 35.8 Å². The van der Waals surface area contributed by atoms with E-state index in [0.717, 1.165) is 25.8 Å². The van der Waals surface area contributed by atoms with E-state index in [1.54, 1.807) is 0 Å². The molecule has 1 aliphatic rings. The first kappa shape index (κ1) is 16.9. The minimum Gasteiger partial charge on any atom is -0.346 e. The van der Waals surface area contributed by atoms with Crippen LogP contribution in [0.15, 0.2) is 0 Å². The predicted molar refractivity (Wildman–Crippen MR) is 84.9 cm³/mol. The van der Waals surface area contributed by atoms with Crippen LogP contribution in [0.1, 0.15) is 83.5 Å². The van der Waals surface area contributed by atoms with Crippen molar-refractivity contribution in [2.75, 3.05) is 6.54 Å². The minimum atomic E-state index is 0.293. The molecule has 1 heterocycles. The van der Waals surface area contributed by atoms with Crippen LogP contribution in [0.3, 0.4) is 0 Å². The van der Waals surface area contributed by atoms with Crippen LogP contribution in [-0.4, -0.2) is 6.54 Å². The van der Waals surface area contributed by atoms with Crippen molar-refractivity contribution in [1.82, 2.24) is 5.32 Å². The Morgan fingerprint density at radius 3 is 2.10 bits per heavy atom. The van der Waals surface area contributed by atoms with E-state index in [1.807, 2.05) is 0 Å². The van der Waals surface area contributed by atoms with Gasteiger partial charge in [0.05, 0.1) is 6.07 Å². The number of nitrogens with zero attached hydrogens (tertiary/aromatic N) is 1. The first-order chi connectivity index (χ1) is 9.93. The molecule has 1 atom stereocenters. The summed E-state index contributed by atoms with van der Waals surface area (Å²) in [6, 6.07) is 5.54. The lowest BCUT2D eigenvalue weighted by atomic mass is 9.95. The molecule has 1 rings (SSSR count). The summed E-state index contributed by atoms with van der Waals surface area (Å²) in [6.07, 6.45) is 15.9. The molecule has 20 heavy (non-hydrogen) atoms. The molecular formula is C18H30N2. The van der Waals surface area contributed by atoms with E-state index in [2.05, 4.69) is 23.4 Å². The van der Waals surface area contributed by atoms with Gasteiger partial charge in [0.1, 0.15) is 0 Å². The zero-order valence-corrected chi connectivity index (χ0v) is 12.9. The van der Waals surface area contributed by atoms with Gasteiger partial charge in [-0.15, -0.1) is 0 Å². The SMILES string of the molecule is N#CC1CCCCCCCCCC#CNCCCCC1. The van der Waals surface area contributed by atoms with Crippen LogP contribution in [0.4, 0.5) is 0 Å². The molecule has 0 saturated heterocycles. The molecule has 0 aromatic heterocycles. The van der Waals surface area contributed by atoms with Gasteiger partial charge >= 0.3 is 0 Å². The number of hydrogen-bond donors (Lipinski definition) is 1. The lowest BCUT2D eigenvalue weighted by Crippen LogP contribution is -2.07. The monoisotopic (exact) mass is 274 g/mol. The molecular weight excluding hydrogens is 244 g/mol. The van der Waals surface area contributed by atoms with Crippen molar-refractivity contribution in [3.63, 3.8) is 0 Å². The van der Waals surface area contributed by atoms with Crippen molar-refractivity contribution in [3.8, 4) is 18.0 Å². The molecule has 1 N–H and O–H groups in total. The maximum absolute atomic E-state index is 9.17. The molecule has 1 unspecified atom stereocenters. The third-order valence-electron chi connectivity index (χ3n) is 4.07. The molecule has 0 aliphatic carbocycles.